The number of pyridine rings is 1. The van der Waals surface area contributed by atoms with Gasteiger partial charge in [-0.3, -0.25) is 4.98 Å². The van der Waals surface area contributed by atoms with E-state index in [0.717, 1.165) is 6.26 Å². The molecule has 2 heterocycles. The van der Waals surface area contributed by atoms with Crippen LogP contribution in [0.3, 0.4) is 0 Å². The van der Waals surface area contributed by atoms with Crippen molar-refractivity contribution in [2.45, 2.75) is 0 Å². The summed E-state index contributed by atoms with van der Waals surface area (Å²) in [7, 11) is 0. The van der Waals surface area contributed by atoms with Crippen LogP contribution in [0.25, 0.3) is 11.5 Å². The average molecular weight is 230 g/mol. The van der Waals surface area contributed by atoms with Crippen molar-refractivity contribution in [1.82, 2.24) is 9.97 Å². The van der Waals surface area contributed by atoms with Crippen LogP contribution >= 0.6 is 0 Å². The molecule has 2 aromatic rings. The molecule has 0 aliphatic heterocycles. The third kappa shape index (κ3) is 2.96. The molecule has 0 aliphatic rings. The van der Waals surface area contributed by atoms with Crippen molar-refractivity contribution in [1.29, 1.82) is 0 Å². The summed E-state index contributed by atoms with van der Waals surface area (Å²) in [6.07, 6.45) is 4.28. The molecule has 0 radical (unpaired) electrons. The molecule has 6 heteroatoms. The van der Waals surface area contributed by atoms with E-state index in [9.17, 15) is 4.79 Å². The number of oxazole rings is 1. The fourth-order valence-corrected chi connectivity index (χ4v) is 0.999. The predicted octanol–water partition coefficient (Wildman–Crippen LogP) is -1.45. The Morgan fingerprint density at radius 2 is 2.07 bits per heavy atom. The summed E-state index contributed by atoms with van der Waals surface area (Å²) in [6.45, 7) is 0. The molecular weight excluding hydrogens is 223 g/mol. The fraction of sp³-hybridized carbons (Fsp3) is 0. The van der Waals surface area contributed by atoms with Crippen molar-refractivity contribution >= 4 is 5.97 Å². The van der Waals surface area contributed by atoms with Gasteiger partial charge < -0.3 is 11.0 Å². The van der Waals surface area contributed by atoms with Crippen molar-refractivity contribution < 1.29 is 67.1 Å². The molecule has 72 valence electrons. The second kappa shape index (κ2) is 5.52. The minimum Gasteiger partial charge on any atom is -1.00 e. The Morgan fingerprint density at radius 1 is 1.40 bits per heavy atom. The van der Waals surface area contributed by atoms with Gasteiger partial charge in [0.2, 0.25) is 5.89 Å². The maximum atomic E-state index is 10.5. The van der Waals surface area contributed by atoms with E-state index in [2.05, 4.69) is 9.97 Å². The molecule has 0 spiro atoms. The van der Waals surface area contributed by atoms with Crippen LogP contribution in [0.2, 0.25) is 0 Å². The molecule has 0 bridgehead atoms. The van der Waals surface area contributed by atoms with Crippen molar-refractivity contribution in [3.05, 3.63) is 36.5 Å². The van der Waals surface area contributed by atoms with Crippen LogP contribution in [0.4, 0.5) is 0 Å². The minimum atomic E-state index is -1.10. The molecule has 0 unspecified atom stereocenters. The largest absolute Gasteiger partial charge is 1.00 e. The maximum Gasteiger partial charge on any atom is 1.00 e. The molecule has 0 atom stereocenters. The zero-order valence-corrected chi connectivity index (χ0v) is 11.2. The summed E-state index contributed by atoms with van der Waals surface area (Å²) < 4.78 is 4.99. The van der Waals surface area contributed by atoms with E-state index in [0.29, 0.717) is 5.56 Å². The van der Waals surface area contributed by atoms with E-state index in [4.69, 9.17) is 9.52 Å². The summed E-state index contributed by atoms with van der Waals surface area (Å²) in [5.74, 6) is -0.821. The Hall–Kier alpha value is -0.534. The summed E-state index contributed by atoms with van der Waals surface area (Å²) in [5, 5.41) is 8.61. The van der Waals surface area contributed by atoms with Crippen molar-refractivity contribution in [3.8, 4) is 11.5 Å². The first-order valence-electron chi connectivity index (χ1n) is 3.86. The van der Waals surface area contributed by atoms with Gasteiger partial charge in [0.15, 0.2) is 5.69 Å². The number of rotatable bonds is 2. The number of aromatic nitrogens is 2. The summed E-state index contributed by atoms with van der Waals surface area (Å²) >= 11 is 0. The first-order chi connectivity index (χ1) is 6.77. The van der Waals surface area contributed by atoms with Gasteiger partial charge in [-0.25, -0.2) is 9.78 Å². The second-order valence-corrected chi connectivity index (χ2v) is 2.58. The third-order valence-electron chi connectivity index (χ3n) is 1.65. The van der Waals surface area contributed by atoms with Gasteiger partial charge in [0.05, 0.1) is 0 Å². The molecule has 2 rings (SSSR count). The maximum absolute atomic E-state index is 10.5. The van der Waals surface area contributed by atoms with Crippen LogP contribution < -0.4 is 51.4 Å². The molecule has 0 fully saturated rings. The summed E-state index contributed by atoms with van der Waals surface area (Å²) in [4.78, 5) is 18.1. The van der Waals surface area contributed by atoms with Gasteiger partial charge in [-0.15, -0.1) is 0 Å². The van der Waals surface area contributed by atoms with Crippen molar-refractivity contribution in [3.63, 3.8) is 0 Å². The van der Waals surface area contributed by atoms with Gasteiger partial charge in [0.1, 0.15) is 6.26 Å². The van der Waals surface area contributed by atoms with E-state index in [1.807, 2.05) is 0 Å². The molecule has 1 N–H and O–H groups in total. The van der Waals surface area contributed by atoms with E-state index in [-0.39, 0.29) is 64.4 Å². The van der Waals surface area contributed by atoms with Gasteiger partial charge in [0.25, 0.3) is 0 Å². The molecule has 0 saturated carbocycles. The number of hydrogen-bond acceptors (Lipinski definition) is 4. The third-order valence-corrected chi connectivity index (χ3v) is 1.65. The second-order valence-electron chi connectivity index (χ2n) is 2.58. The average Bonchev–Trinajstić information content (AvgIpc) is 2.68. The standard InChI is InChI=1S/C9H6N2O3.K.H/c12-9(13)7-5-14-8(11-7)6-1-3-10-4-2-6;;/h1-5H,(H,12,13);;/q;+1;-1. The van der Waals surface area contributed by atoms with Crippen LogP contribution in [0.5, 0.6) is 0 Å². The van der Waals surface area contributed by atoms with E-state index in [1.165, 1.54) is 0 Å². The van der Waals surface area contributed by atoms with Gasteiger partial charge >= 0.3 is 57.4 Å². The Bertz CT molecular complexity index is 461. The molecule has 0 amide bonds. The zero-order chi connectivity index (χ0) is 9.97. The molecule has 5 nitrogen and oxygen atoms in total. The van der Waals surface area contributed by atoms with Crippen LogP contribution in [0.15, 0.2) is 35.2 Å². The van der Waals surface area contributed by atoms with Gasteiger partial charge in [-0.2, -0.15) is 0 Å². The predicted molar refractivity (Wildman–Crippen MR) is 47.8 cm³/mol. The van der Waals surface area contributed by atoms with Gasteiger partial charge in [-0.05, 0) is 12.1 Å². The van der Waals surface area contributed by atoms with E-state index < -0.39 is 5.97 Å². The summed E-state index contributed by atoms with van der Waals surface area (Å²) in [6, 6.07) is 3.38. The van der Waals surface area contributed by atoms with Crippen molar-refractivity contribution in [2.24, 2.45) is 0 Å². The van der Waals surface area contributed by atoms with E-state index in [1.54, 1.807) is 24.5 Å². The molecular formula is C9H7KN2O3. The number of hydrogen-bond donors (Lipinski definition) is 1. The van der Waals surface area contributed by atoms with Crippen LogP contribution in [0, 0.1) is 0 Å². The zero-order valence-electron chi connectivity index (χ0n) is 9.04. The van der Waals surface area contributed by atoms with Crippen LogP contribution in [-0.4, -0.2) is 21.0 Å². The van der Waals surface area contributed by atoms with Crippen LogP contribution in [0.1, 0.15) is 11.9 Å². The topological polar surface area (TPSA) is 76.2 Å². The quantitative estimate of drug-likeness (QED) is 0.639. The Balaban J connectivity index is 0.00000112. The monoisotopic (exact) mass is 230 g/mol. The Morgan fingerprint density at radius 3 is 2.60 bits per heavy atom. The fourth-order valence-electron chi connectivity index (χ4n) is 0.999. The van der Waals surface area contributed by atoms with Crippen molar-refractivity contribution in [2.75, 3.05) is 0 Å². The van der Waals surface area contributed by atoms with E-state index >= 15 is 0 Å². The van der Waals surface area contributed by atoms with Gasteiger partial charge in [0, 0.05) is 18.0 Å². The number of carboxylic acid groups (broad SMARTS) is 1. The Kier molecular flexibility index (Phi) is 4.62. The normalized spacial score (nSPS) is 9.33. The van der Waals surface area contributed by atoms with Gasteiger partial charge in [-0.1, -0.05) is 0 Å². The number of aromatic carboxylic acids is 1. The smallest absolute Gasteiger partial charge is 1.00 e. The molecule has 0 saturated heterocycles. The molecule has 0 aliphatic carbocycles. The number of carboxylic acids is 1. The first kappa shape index (κ1) is 12.5. The molecule has 0 aromatic carbocycles. The number of nitrogens with zero attached hydrogens (tertiary/aromatic N) is 2. The SMILES string of the molecule is O=C(O)c1coc(-c2ccncc2)n1.[H-].[K+]. The number of carbonyl (C=O) groups is 1. The molecule has 15 heavy (non-hydrogen) atoms. The minimum absolute atomic E-state index is 0. The molecule has 2 aromatic heterocycles. The Labute approximate surface area is 129 Å². The summed E-state index contributed by atoms with van der Waals surface area (Å²) in [5.41, 5.74) is 0.601. The van der Waals surface area contributed by atoms with Crippen LogP contribution in [-0.2, 0) is 0 Å². The first-order valence-corrected chi connectivity index (χ1v) is 3.86.